The molecule has 15 heavy (non-hydrogen) atoms. The Morgan fingerprint density at radius 3 is 2.80 bits per heavy atom. The SMILES string of the molecule is CCOC(=O)/C(C)=C/c1cc(N)cn1C. The zero-order chi connectivity index (χ0) is 11.4. The number of nitrogens with two attached hydrogens (primary N) is 1. The lowest BCUT2D eigenvalue weighted by atomic mass is 10.2. The Hall–Kier alpha value is -1.71. The fourth-order valence-corrected chi connectivity index (χ4v) is 1.28. The van der Waals surface area contributed by atoms with Gasteiger partial charge in [0.05, 0.1) is 6.61 Å². The number of carbonyl (C=O) groups is 1. The van der Waals surface area contributed by atoms with Crippen molar-refractivity contribution >= 4 is 17.7 Å². The fraction of sp³-hybridized carbons (Fsp3) is 0.364. The summed E-state index contributed by atoms with van der Waals surface area (Å²) in [6, 6.07) is 1.81. The van der Waals surface area contributed by atoms with Gasteiger partial charge in [0.15, 0.2) is 0 Å². The first-order valence-corrected chi connectivity index (χ1v) is 4.82. The van der Waals surface area contributed by atoms with Gasteiger partial charge in [-0.2, -0.15) is 0 Å². The zero-order valence-corrected chi connectivity index (χ0v) is 9.28. The summed E-state index contributed by atoms with van der Waals surface area (Å²) in [6.07, 6.45) is 3.55. The maximum atomic E-state index is 11.3. The molecule has 0 saturated carbocycles. The molecule has 1 aromatic heterocycles. The van der Waals surface area contributed by atoms with Gasteiger partial charge in [0, 0.05) is 30.2 Å². The second kappa shape index (κ2) is 4.68. The minimum absolute atomic E-state index is 0.294. The molecule has 0 saturated heterocycles. The number of aromatic nitrogens is 1. The molecule has 0 aliphatic carbocycles. The van der Waals surface area contributed by atoms with Gasteiger partial charge < -0.3 is 15.0 Å². The van der Waals surface area contributed by atoms with E-state index in [1.807, 2.05) is 17.7 Å². The topological polar surface area (TPSA) is 57.2 Å². The van der Waals surface area contributed by atoms with Crippen molar-refractivity contribution in [2.24, 2.45) is 7.05 Å². The number of aryl methyl sites for hydroxylation is 1. The summed E-state index contributed by atoms with van der Waals surface area (Å²) >= 11 is 0. The van der Waals surface area contributed by atoms with Gasteiger partial charge in [0.25, 0.3) is 0 Å². The Labute approximate surface area is 89.3 Å². The van der Waals surface area contributed by atoms with Gasteiger partial charge in [-0.25, -0.2) is 4.79 Å². The quantitative estimate of drug-likeness (QED) is 0.606. The van der Waals surface area contributed by atoms with Crippen LogP contribution in [0.1, 0.15) is 19.5 Å². The molecule has 0 atom stereocenters. The van der Waals surface area contributed by atoms with Crippen molar-refractivity contribution in [2.75, 3.05) is 12.3 Å². The van der Waals surface area contributed by atoms with E-state index in [1.54, 1.807) is 26.1 Å². The van der Waals surface area contributed by atoms with Gasteiger partial charge in [-0.15, -0.1) is 0 Å². The van der Waals surface area contributed by atoms with Crippen molar-refractivity contribution in [1.82, 2.24) is 4.57 Å². The fourth-order valence-electron chi connectivity index (χ4n) is 1.28. The zero-order valence-electron chi connectivity index (χ0n) is 9.28. The van der Waals surface area contributed by atoms with Crippen molar-refractivity contribution in [1.29, 1.82) is 0 Å². The molecule has 0 spiro atoms. The van der Waals surface area contributed by atoms with Crippen molar-refractivity contribution < 1.29 is 9.53 Å². The maximum Gasteiger partial charge on any atom is 0.333 e. The average Bonchev–Trinajstić information content (AvgIpc) is 2.45. The number of anilines is 1. The highest BCUT2D eigenvalue weighted by atomic mass is 16.5. The second-order valence-electron chi connectivity index (χ2n) is 3.36. The van der Waals surface area contributed by atoms with Crippen LogP contribution in [0.25, 0.3) is 6.08 Å². The van der Waals surface area contributed by atoms with Crippen molar-refractivity contribution in [3.63, 3.8) is 0 Å². The van der Waals surface area contributed by atoms with Gasteiger partial charge in [-0.1, -0.05) is 0 Å². The van der Waals surface area contributed by atoms with Crippen LogP contribution in [0.15, 0.2) is 17.8 Å². The Balaban J connectivity index is 2.87. The summed E-state index contributed by atoms with van der Waals surface area (Å²) < 4.78 is 6.73. The first kappa shape index (κ1) is 11.4. The van der Waals surface area contributed by atoms with Crippen LogP contribution in [-0.2, 0) is 16.6 Å². The first-order chi connectivity index (χ1) is 7.04. The molecule has 0 fully saturated rings. The largest absolute Gasteiger partial charge is 0.463 e. The summed E-state index contributed by atoms with van der Waals surface area (Å²) in [6.45, 7) is 3.89. The van der Waals surface area contributed by atoms with Crippen LogP contribution in [0.4, 0.5) is 5.69 Å². The minimum atomic E-state index is -0.294. The molecule has 0 unspecified atom stereocenters. The molecule has 0 bridgehead atoms. The Morgan fingerprint density at radius 2 is 2.33 bits per heavy atom. The van der Waals surface area contributed by atoms with E-state index in [9.17, 15) is 4.79 Å². The molecule has 4 nitrogen and oxygen atoms in total. The number of nitrogens with zero attached hydrogens (tertiary/aromatic N) is 1. The highest BCUT2D eigenvalue weighted by Crippen LogP contribution is 2.13. The molecular weight excluding hydrogens is 192 g/mol. The van der Waals surface area contributed by atoms with E-state index in [2.05, 4.69) is 0 Å². The monoisotopic (exact) mass is 208 g/mol. The molecule has 0 aliphatic rings. The smallest absolute Gasteiger partial charge is 0.333 e. The normalized spacial score (nSPS) is 11.5. The summed E-state index contributed by atoms with van der Waals surface area (Å²) in [5.41, 5.74) is 7.76. The third kappa shape index (κ3) is 2.87. The molecule has 1 rings (SSSR count). The third-order valence-electron chi connectivity index (χ3n) is 2.03. The molecule has 1 heterocycles. The van der Waals surface area contributed by atoms with Crippen LogP contribution < -0.4 is 5.73 Å². The van der Waals surface area contributed by atoms with Crippen LogP contribution >= 0.6 is 0 Å². The molecule has 1 aromatic rings. The summed E-state index contributed by atoms with van der Waals surface area (Å²) in [5, 5.41) is 0. The summed E-state index contributed by atoms with van der Waals surface area (Å²) in [7, 11) is 1.88. The maximum absolute atomic E-state index is 11.3. The lowest BCUT2D eigenvalue weighted by Gasteiger charge is -2.02. The van der Waals surface area contributed by atoms with E-state index in [4.69, 9.17) is 10.5 Å². The van der Waals surface area contributed by atoms with E-state index in [-0.39, 0.29) is 5.97 Å². The van der Waals surface area contributed by atoms with E-state index >= 15 is 0 Å². The first-order valence-electron chi connectivity index (χ1n) is 4.82. The van der Waals surface area contributed by atoms with Crippen LogP contribution in [0, 0.1) is 0 Å². The molecule has 4 heteroatoms. The lowest BCUT2D eigenvalue weighted by molar-refractivity contribution is -0.138. The van der Waals surface area contributed by atoms with Gasteiger partial charge in [0.2, 0.25) is 0 Å². The molecule has 0 aromatic carbocycles. The number of carbonyl (C=O) groups excluding carboxylic acids is 1. The van der Waals surface area contributed by atoms with Crippen LogP contribution in [0.3, 0.4) is 0 Å². The Morgan fingerprint density at radius 1 is 1.67 bits per heavy atom. The number of hydrogen-bond donors (Lipinski definition) is 1. The van der Waals surface area contributed by atoms with Crippen molar-refractivity contribution in [3.8, 4) is 0 Å². The predicted molar refractivity (Wildman–Crippen MR) is 60.1 cm³/mol. The Kier molecular flexibility index (Phi) is 3.55. The van der Waals surface area contributed by atoms with Gasteiger partial charge >= 0.3 is 5.97 Å². The molecule has 0 amide bonds. The molecule has 0 radical (unpaired) electrons. The van der Waals surface area contributed by atoms with E-state index < -0.39 is 0 Å². The molecule has 82 valence electrons. The number of ether oxygens (including phenoxy) is 1. The third-order valence-corrected chi connectivity index (χ3v) is 2.03. The highest BCUT2D eigenvalue weighted by Gasteiger charge is 2.06. The van der Waals surface area contributed by atoms with E-state index in [0.717, 1.165) is 5.69 Å². The number of nitrogen functional groups attached to an aromatic ring is 1. The van der Waals surface area contributed by atoms with Gasteiger partial charge in [-0.05, 0) is 26.0 Å². The summed E-state index contributed by atoms with van der Waals surface area (Å²) in [5.74, 6) is -0.294. The molecule has 0 aliphatic heterocycles. The minimum Gasteiger partial charge on any atom is -0.463 e. The van der Waals surface area contributed by atoms with Crippen LogP contribution in [0.5, 0.6) is 0 Å². The van der Waals surface area contributed by atoms with Crippen molar-refractivity contribution in [3.05, 3.63) is 23.5 Å². The van der Waals surface area contributed by atoms with E-state index in [1.165, 1.54) is 0 Å². The highest BCUT2D eigenvalue weighted by molar-refractivity contribution is 5.92. The standard InChI is InChI=1S/C11H16N2O2/c1-4-15-11(14)8(2)5-10-6-9(12)7-13(10)3/h5-7H,4,12H2,1-3H3/b8-5+. The predicted octanol–water partition coefficient (Wildman–Crippen LogP) is 1.57. The number of rotatable bonds is 3. The van der Waals surface area contributed by atoms with Crippen LogP contribution in [-0.4, -0.2) is 17.1 Å². The van der Waals surface area contributed by atoms with Gasteiger partial charge in [-0.3, -0.25) is 0 Å². The lowest BCUT2D eigenvalue weighted by Crippen LogP contribution is -2.05. The molecule has 2 N–H and O–H groups in total. The number of esters is 1. The van der Waals surface area contributed by atoms with E-state index in [0.29, 0.717) is 17.9 Å². The second-order valence-corrected chi connectivity index (χ2v) is 3.36. The Bertz CT molecular complexity index is 391. The van der Waals surface area contributed by atoms with Gasteiger partial charge in [0.1, 0.15) is 0 Å². The number of hydrogen-bond acceptors (Lipinski definition) is 3. The van der Waals surface area contributed by atoms with Crippen molar-refractivity contribution in [2.45, 2.75) is 13.8 Å². The van der Waals surface area contributed by atoms with Crippen LogP contribution in [0.2, 0.25) is 0 Å². The summed E-state index contributed by atoms with van der Waals surface area (Å²) in [4.78, 5) is 11.3. The molecular formula is C11H16N2O2. The average molecular weight is 208 g/mol.